The third kappa shape index (κ3) is 1.60. The van der Waals surface area contributed by atoms with Crippen molar-refractivity contribution in [2.75, 3.05) is 0 Å². The minimum absolute atomic E-state index is 0.268. The van der Waals surface area contributed by atoms with Gasteiger partial charge in [0.2, 0.25) is 0 Å². The average molecular weight is 240 g/mol. The van der Waals surface area contributed by atoms with Crippen LogP contribution in [-0.2, 0) is 0 Å². The minimum atomic E-state index is -0.268. The van der Waals surface area contributed by atoms with E-state index in [1.807, 2.05) is 24.4 Å². The first-order valence-electron chi connectivity index (χ1n) is 5.66. The van der Waals surface area contributed by atoms with Gasteiger partial charge in [0.05, 0.1) is 11.9 Å². The van der Waals surface area contributed by atoms with Gasteiger partial charge in [0, 0.05) is 11.6 Å². The first kappa shape index (κ1) is 10.7. The molecule has 5 heteroatoms. The number of aryl methyl sites for hydroxylation is 2. The Morgan fingerprint density at radius 1 is 1.22 bits per heavy atom. The largest absolute Gasteiger partial charge is 0.292 e. The second-order valence-corrected chi connectivity index (χ2v) is 4.35. The van der Waals surface area contributed by atoms with E-state index in [1.165, 1.54) is 11.1 Å². The summed E-state index contributed by atoms with van der Waals surface area (Å²) in [7, 11) is 0. The van der Waals surface area contributed by atoms with Gasteiger partial charge in [0.15, 0.2) is 5.52 Å². The van der Waals surface area contributed by atoms with E-state index in [2.05, 4.69) is 29.1 Å². The van der Waals surface area contributed by atoms with Gasteiger partial charge in [-0.2, -0.15) is 10.2 Å². The molecular weight excluding hydrogens is 228 g/mol. The van der Waals surface area contributed by atoms with Gasteiger partial charge in [-0.1, -0.05) is 6.07 Å². The van der Waals surface area contributed by atoms with E-state index in [4.69, 9.17) is 0 Å². The van der Waals surface area contributed by atoms with Crippen LogP contribution in [0.25, 0.3) is 16.6 Å². The lowest BCUT2D eigenvalue weighted by Gasteiger charge is -2.04. The van der Waals surface area contributed by atoms with Crippen LogP contribution in [0.3, 0.4) is 0 Å². The standard InChI is InChI=1S/C13H12N4O/c1-8-3-4-11(5-9(8)2)17-7-10-6-14-15-13(18)12(10)16-17/h3-7H,1-2H3,(H,15,18). The highest BCUT2D eigenvalue weighted by molar-refractivity contribution is 5.76. The molecule has 3 aromatic rings. The van der Waals surface area contributed by atoms with Gasteiger partial charge in [-0.05, 0) is 37.1 Å². The van der Waals surface area contributed by atoms with E-state index in [1.54, 1.807) is 10.9 Å². The first-order chi connectivity index (χ1) is 8.65. The van der Waals surface area contributed by atoms with Crippen molar-refractivity contribution in [3.63, 3.8) is 0 Å². The molecule has 90 valence electrons. The summed E-state index contributed by atoms with van der Waals surface area (Å²) in [6, 6.07) is 6.07. The van der Waals surface area contributed by atoms with E-state index in [0.717, 1.165) is 11.1 Å². The number of nitrogens with one attached hydrogen (secondary N) is 1. The molecule has 0 atom stereocenters. The molecule has 2 heterocycles. The molecule has 0 unspecified atom stereocenters. The summed E-state index contributed by atoms with van der Waals surface area (Å²) in [5.41, 5.74) is 3.50. The number of fused-ring (bicyclic) bond motifs is 1. The zero-order valence-electron chi connectivity index (χ0n) is 10.1. The number of hydrogen-bond acceptors (Lipinski definition) is 3. The Bertz CT molecular complexity index is 785. The van der Waals surface area contributed by atoms with Crippen LogP contribution in [0, 0.1) is 13.8 Å². The number of aromatic nitrogens is 4. The molecule has 0 aliphatic carbocycles. The van der Waals surface area contributed by atoms with Gasteiger partial charge in [-0.15, -0.1) is 0 Å². The van der Waals surface area contributed by atoms with Gasteiger partial charge in [0.25, 0.3) is 5.56 Å². The molecular formula is C13H12N4O. The van der Waals surface area contributed by atoms with Crippen molar-refractivity contribution in [3.8, 4) is 5.69 Å². The predicted molar refractivity (Wildman–Crippen MR) is 69.0 cm³/mol. The molecule has 1 aromatic carbocycles. The van der Waals surface area contributed by atoms with Crippen LogP contribution in [0.5, 0.6) is 0 Å². The molecule has 0 spiro atoms. The van der Waals surface area contributed by atoms with Crippen molar-refractivity contribution in [2.45, 2.75) is 13.8 Å². The van der Waals surface area contributed by atoms with Crippen LogP contribution in [0.4, 0.5) is 0 Å². The van der Waals surface area contributed by atoms with Crippen molar-refractivity contribution >= 4 is 10.9 Å². The molecule has 1 N–H and O–H groups in total. The molecule has 0 bridgehead atoms. The Kier molecular flexibility index (Phi) is 2.26. The first-order valence-corrected chi connectivity index (χ1v) is 5.66. The van der Waals surface area contributed by atoms with Crippen LogP contribution in [0.2, 0.25) is 0 Å². The van der Waals surface area contributed by atoms with E-state index >= 15 is 0 Å². The zero-order chi connectivity index (χ0) is 12.7. The fourth-order valence-electron chi connectivity index (χ4n) is 1.87. The van der Waals surface area contributed by atoms with Crippen LogP contribution in [0.15, 0.2) is 35.4 Å². The summed E-state index contributed by atoms with van der Waals surface area (Å²) in [4.78, 5) is 11.6. The third-order valence-corrected chi connectivity index (χ3v) is 3.08. The van der Waals surface area contributed by atoms with Crippen molar-refractivity contribution in [2.24, 2.45) is 0 Å². The predicted octanol–water partition coefficient (Wildman–Crippen LogP) is 1.73. The highest BCUT2D eigenvalue weighted by atomic mass is 16.1. The Labute approximate surface area is 103 Å². The molecule has 0 saturated heterocycles. The number of aromatic amines is 1. The normalized spacial score (nSPS) is 11.0. The van der Waals surface area contributed by atoms with Crippen molar-refractivity contribution in [3.05, 3.63) is 52.1 Å². The van der Waals surface area contributed by atoms with Crippen molar-refractivity contribution in [1.29, 1.82) is 0 Å². The van der Waals surface area contributed by atoms with Gasteiger partial charge in [-0.25, -0.2) is 9.78 Å². The summed E-state index contributed by atoms with van der Waals surface area (Å²) in [5.74, 6) is 0. The highest BCUT2D eigenvalue weighted by Gasteiger charge is 2.06. The summed E-state index contributed by atoms with van der Waals surface area (Å²) >= 11 is 0. The number of benzene rings is 1. The molecule has 0 fully saturated rings. The SMILES string of the molecule is Cc1ccc(-n2cc3cn[nH]c(=O)c3n2)cc1C. The smallest absolute Gasteiger partial charge is 0.265 e. The van der Waals surface area contributed by atoms with Gasteiger partial charge in [0.1, 0.15) is 0 Å². The fraction of sp³-hybridized carbons (Fsp3) is 0.154. The number of hydrogen-bond donors (Lipinski definition) is 1. The van der Waals surface area contributed by atoms with E-state index < -0.39 is 0 Å². The van der Waals surface area contributed by atoms with E-state index in [9.17, 15) is 4.79 Å². The quantitative estimate of drug-likeness (QED) is 0.704. The lowest BCUT2D eigenvalue weighted by Crippen LogP contribution is -2.07. The molecule has 0 aliphatic rings. The Morgan fingerprint density at radius 3 is 2.78 bits per heavy atom. The Hall–Kier alpha value is -2.43. The average Bonchev–Trinajstić information content (AvgIpc) is 2.78. The maximum atomic E-state index is 11.6. The second-order valence-electron chi connectivity index (χ2n) is 4.35. The summed E-state index contributed by atoms with van der Waals surface area (Å²) < 4.78 is 1.70. The Balaban J connectivity index is 2.22. The fourth-order valence-corrected chi connectivity index (χ4v) is 1.87. The highest BCUT2D eigenvalue weighted by Crippen LogP contribution is 2.15. The van der Waals surface area contributed by atoms with Gasteiger partial charge < -0.3 is 0 Å². The Morgan fingerprint density at radius 2 is 2.06 bits per heavy atom. The van der Waals surface area contributed by atoms with Crippen molar-refractivity contribution < 1.29 is 0 Å². The zero-order valence-corrected chi connectivity index (χ0v) is 10.1. The van der Waals surface area contributed by atoms with Gasteiger partial charge in [-0.3, -0.25) is 4.79 Å². The summed E-state index contributed by atoms with van der Waals surface area (Å²) in [6.45, 7) is 4.11. The van der Waals surface area contributed by atoms with Crippen LogP contribution in [0.1, 0.15) is 11.1 Å². The topological polar surface area (TPSA) is 63.6 Å². The maximum Gasteiger partial charge on any atom is 0.292 e. The number of nitrogens with zero attached hydrogens (tertiary/aromatic N) is 3. The summed E-state index contributed by atoms with van der Waals surface area (Å²) in [6.07, 6.45) is 3.41. The molecule has 2 aromatic heterocycles. The van der Waals surface area contributed by atoms with E-state index in [-0.39, 0.29) is 5.56 Å². The van der Waals surface area contributed by atoms with E-state index in [0.29, 0.717) is 5.52 Å². The lowest BCUT2D eigenvalue weighted by atomic mass is 10.1. The van der Waals surface area contributed by atoms with Crippen LogP contribution in [-0.4, -0.2) is 20.0 Å². The molecule has 0 radical (unpaired) electrons. The molecule has 5 nitrogen and oxygen atoms in total. The van der Waals surface area contributed by atoms with Crippen LogP contribution < -0.4 is 5.56 Å². The monoisotopic (exact) mass is 240 g/mol. The van der Waals surface area contributed by atoms with Crippen molar-refractivity contribution in [1.82, 2.24) is 20.0 Å². The lowest BCUT2D eigenvalue weighted by molar-refractivity contribution is 0.888. The minimum Gasteiger partial charge on any atom is -0.265 e. The van der Waals surface area contributed by atoms with Gasteiger partial charge >= 0.3 is 0 Å². The number of H-pyrrole nitrogens is 1. The maximum absolute atomic E-state index is 11.6. The molecule has 0 aliphatic heterocycles. The molecule has 0 saturated carbocycles. The molecule has 18 heavy (non-hydrogen) atoms. The summed E-state index contributed by atoms with van der Waals surface area (Å²) in [5, 5.41) is 11.2. The van der Waals surface area contributed by atoms with Crippen LogP contribution >= 0.6 is 0 Å². The number of rotatable bonds is 1. The second kappa shape index (κ2) is 3.80. The molecule has 0 amide bonds. The molecule has 3 rings (SSSR count). The third-order valence-electron chi connectivity index (χ3n) is 3.08.